The van der Waals surface area contributed by atoms with Crippen molar-refractivity contribution in [3.63, 3.8) is 0 Å². The summed E-state index contributed by atoms with van der Waals surface area (Å²) in [6.07, 6.45) is -0.336. The van der Waals surface area contributed by atoms with E-state index in [9.17, 15) is 19.2 Å². The largest absolute Gasteiger partial charge is 0.480 e. The molecule has 0 rings (SSSR count). The molecule has 0 aliphatic rings. The molecule has 0 aromatic rings. The summed E-state index contributed by atoms with van der Waals surface area (Å²) in [5, 5.41) is 13.3. The number of aliphatic carboxylic acids is 1. The van der Waals surface area contributed by atoms with Gasteiger partial charge in [-0.25, -0.2) is 4.79 Å². The van der Waals surface area contributed by atoms with Crippen molar-refractivity contribution >= 4 is 23.7 Å². The predicted octanol–water partition coefficient (Wildman–Crippen LogP) is -2.47. The van der Waals surface area contributed by atoms with Gasteiger partial charge in [0.1, 0.15) is 6.04 Å². The Bertz CT molecular complexity index is 396. The van der Waals surface area contributed by atoms with E-state index in [-0.39, 0.29) is 12.3 Å². The molecule has 114 valence electrons. The smallest absolute Gasteiger partial charge is 0.326 e. The number of carbonyl (C=O) groups excluding carboxylic acids is 3. The van der Waals surface area contributed by atoms with Gasteiger partial charge >= 0.3 is 5.97 Å². The fourth-order valence-electron chi connectivity index (χ4n) is 1.35. The summed E-state index contributed by atoms with van der Waals surface area (Å²) in [6, 6.07) is -2.18. The number of rotatable bonds is 8. The van der Waals surface area contributed by atoms with Crippen molar-refractivity contribution in [3.05, 3.63) is 0 Å². The van der Waals surface area contributed by atoms with Crippen LogP contribution in [0.5, 0.6) is 0 Å². The van der Waals surface area contributed by atoms with Gasteiger partial charge in [-0.1, -0.05) is 13.8 Å². The van der Waals surface area contributed by atoms with Crippen LogP contribution in [0.2, 0.25) is 0 Å². The summed E-state index contributed by atoms with van der Waals surface area (Å²) in [5.74, 6) is -3.57. The molecule has 0 heterocycles. The van der Waals surface area contributed by atoms with Gasteiger partial charge in [0, 0.05) is 0 Å². The van der Waals surface area contributed by atoms with Crippen molar-refractivity contribution in [2.75, 3.05) is 6.54 Å². The highest BCUT2D eigenvalue weighted by Crippen LogP contribution is 2.01. The van der Waals surface area contributed by atoms with Gasteiger partial charge in [-0.15, -0.1) is 0 Å². The summed E-state index contributed by atoms with van der Waals surface area (Å²) in [6.45, 7) is 2.85. The van der Waals surface area contributed by atoms with E-state index < -0.39 is 42.3 Å². The third-order valence-electron chi connectivity index (χ3n) is 2.43. The lowest BCUT2D eigenvalue weighted by Crippen LogP contribution is -2.50. The Morgan fingerprint density at radius 3 is 2.15 bits per heavy atom. The van der Waals surface area contributed by atoms with Crippen molar-refractivity contribution in [3.8, 4) is 0 Å². The van der Waals surface area contributed by atoms with Gasteiger partial charge in [-0.2, -0.15) is 0 Å². The molecule has 0 aliphatic carbocycles. The molecular formula is C11H20N4O5. The summed E-state index contributed by atoms with van der Waals surface area (Å²) in [4.78, 5) is 44.3. The molecule has 9 heteroatoms. The molecule has 0 spiro atoms. The average Bonchev–Trinajstić information content (AvgIpc) is 2.31. The summed E-state index contributed by atoms with van der Waals surface area (Å²) in [5.41, 5.74) is 10.2. The zero-order valence-electron chi connectivity index (χ0n) is 11.4. The van der Waals surface area contributed by atoms with E-state index in [4.69, 9.17) is 16.6 Å². The fraction of sp³-hybridized carbons (Fsp3) is 0.636. The molecule has 0 aromatic heterocycles. The highest BCUT2D eigenvalue weighted by atomic mass is 16.4. The molecule has 0 aliphatic heterocycles. The van der Waals surface area contributed by atoms with Crippen LogP contribution < -0.4 is 22.1 Å². The number of amides is 3. The average molecular weight is 288 g/mol. The molecule has 7 N–H and O–H groups in total. The molecule has 0 radical (unpaired) electrons. The van der Waals surface area contributed by atoms with Crippen LogP contribution in [0.3, 0.4) is 0 Å². The van der Waals surface area contributed by atoms with Gasteiger partial charge in [-0.05, 0) is 5.92 Å². The molecule has 2 unspecified atom stereocenters. The summed E-state index contributed by atoms with van der Waals surface area (Å²) >= 11 is 0. The first-order valence-electron chi connectivity index (χ1n) is 5.99. The second kappa shape index (κ2) is 8.10. The predicted molar refractivity (Wildman–Crippen MR) is 69.2 cm³/mol. The van der Waals surface area contributed by atoms with Crippen molar-refractivity contribution in [2.24, 2.45) is 17.4 Å². The maximum absolute atomic E-state index is 11.5. The second-order valence-corrected chi connectivity index (χ2v) is 4.62. The number of hydrogen-bond donors (Lipinski definition) is 5. The lowest BCUT2D eigenvalue weighted by Gasteiger charge is -2.18. The fourth-order valence-corrected chi connectivity index (χ4v) is 1.35. The monoisotopic (exact) mass is 288 g/mol. The van der Waals surface area contributed by atoms with E-state index in [1.807, 2.05) is 0 Å². The minimum Gasteiger partial charge on any atom is -0.480 e. The standard InChI is InChI=1S/C11H20N4O5/c1-5(2)9(11(19)20)15-8(17)4-14-10(18)6(12)3-7(13)16/h5-6,9H,3-4,12H2,1-2H3,(H2,13,16)(H,14,18)(H,15,17)(H,19,20). The normalized spacial score (nSPS) is 13.4. The number of carboxylic acid groups (broad SMARTS) is 1. The lowest BCUT2D eigenvalue weighted by molar-refractivity contribution is -0.143. The van der Waals surface area contributed by atoms with Crippen molar-refractivity contribution in [1.82, 2.24) is 10.6 Å². The number of nitrogens with two attached hydrogens (primary N) is 2. The first-order chi connectivity index (χ1) is 9.15. The molecule has 9 nitrogen and oxygen atoms in total. The molecule has 0 bridgehead atoms. The molecule has 0 saturated carbocycles. The maximum atomic E-state index is 11.5. The molecule has 0 aromatic carbocycles. The molecule has 20 heavy (non-hydrogen) atoms. The Labute approximate surface area is 116 Å². The Morgan fingerprint density at radius 1 is 1.20 bits per heavy atom. The first-order valence-corrected chi connectivity index (χ1v) is 5.99. The van der Waals surface area contributed by atoms with Crippen LogP contribution in [-0.2, 0) is 19.2 Å². The van der Waals surface area contributed by atoms with Gasteiger partial charge in [0.05, 0.1) is 19.0 Å². The zero-order chi connectivity index (χ0) is 15.9. The number of primary amides is 1. The molecule has 0 saturated heterocycles. The number of carbonyl (C=O) groups is 4. The van der Waals surface area contributed by atoms with Crippen LogP contribution in [0.25, 0.3) is 0 Å². The SMILES string of the molecule is CC(C)C(NC(=O)CNC(=O)C(N)CC(N)=O)C(=O)O. The van der Waals surface area contributed by atoms with Crippen molar-refractivity contribution in [2.45, 2.75) is 32.4 Å². The number of nitrogens with one attached hydrogen (secondary N) is 2. The van der Waals surface area contributed by atoms with Gasteiger partial charge in [-0.3, -0.25) is 14.4 Å². The molecular weight excluding hydrogens is 268 g/mol. The summed E-state index contributed by atoms with van der Waals surface area (Å²) in [7, 11) is 0. The number of hydrogen-bond acceptors (Lipinski definition) is 5. The van der Waals surface area contributed by atoms with Crippen molar-refractivity contribution < 1.29 is 24.3 Å². The van der Waals surface area contributed by atoms with E-state index in [0.717, 1.165) is 0 Å². The highest BCUT2D eigenvalue weighted by Gasteiger charge is 2.24. The van der Waals surface area contributed by atoms with Crippen molar-refractivity contribution in [1.29, 1.82) is 0 Å². The van der Waals surface area contributed by atoms with Crippen LogP contribution in [0.15, 0.2) is 0 Å². The third-order valence-corrected chi connectivity index (χ3v) is 2.43. The molecule has 3 amide bonds. The lowest BCUT2D eigenvalue weighted by atomic mass is 10.1. The highest BCUT2D eigenvalue weighted by molar-refractivity contribution is 5.91. The maximum Gasteiger partial charge on any atom is 0.326 e. The first kappa shape index (κ1) is 17.8. The molecule has 0 fully saturated rings. The quantitative estimate of drug-likeness (QED) is 0.332. The van der Waals surface area contributed by atoms with E-state index in [1.54, 1.807) is 13.8 Å². The Hall–Kier alpha value is -2.16. The third kappa shape index (κ3) is 6.69. The van der Waals surface area contributed by atoms with Gasteiger partial charge in [0.2, 0.25) is 17.7 Å². The Morgan fingerprint density at radius 2 is 1.75 bits per heavy atom. The van der Waals surface area contributed by atoms with Crippen LogP contribution in [0, 0.1) is 5.92 Å². The minimum absolute atomic E-state index is 0.302. The van der Waals surface area contributed by atoms with E-state index >= 15 is 0 Å². The van der Waals surface area contributed by atoms with Gasteiger partial charge < -0.3 is 27.2 Å². The molecule has 2 atom stereocenters. The topological polar surface area (TPSA) is 165 Å². The van der Waals surface area contributed by atoms with Crippen LogP contribution >= 0.6 is 0 Å². The van der Waals surface area contributed by atoms with Crippen LogP contribution in [0.1, 0.15) is 20.3 Å². The van der Waals surface area contributed by atoms with E-state index in [0.29, 0.717) is 0 Å². The Balaban J connectivity index is 4.25. The van der Waals surface area contributed by atoms with E-state index in [2.05, 4.69) is 10.6 Å². The van der Waals surface area contributed by atoms with Gasteiger partial charge in [0.15, 0.2) is 0 Å². The van der Waals surface area contributed by atoms with Crippen LogP contribution in [0.4, 0.5) is 0 Å². The second-order valence-electron chi connectivity index (χ2n) is 4.62. The van der Waals surface area contributed by atoms with Gasteiger partial charge in [0.25, 0.3) is 0 Å². The zero-order valence-corrected chi connectivity index (χ0v) is 11.4. The summed E-state index contributed by atoms with van der Waals surface area (Å²) < 4.78 is 0. The minimum atomic E-state index is -1.16. The van der Waals surface area contributed by atoms with Crippen LogP contribution in [-0.4, -0.2) is 47.4 Å². The van der Waals surface area contributed by atoms with E-state index in [1.165, 1.54) is 0 Å². The number of carboxylic acids is 1. The Kier molecular flexibility index (Phi) is 7.22.